The zero-order chi connectivity index (χ0) is 23.8. The van der Waals surface area contributed by atoms with Gasteiger partial charge < -0.3 is 19.5 Å². The molecule has 9 heteroatoms. The van der Waals surface area contributed by atoms with Crippen LogP contribution in [0.3, 0.4) is 0 Å². The molecule has 2 aromatic rings. The predicted molar refractivity (Wildman–Crippen MR) is 125 cm³/mol. The smallest absolute Gasteiger partial charge is 0.222 e. The highest BCUT2D eigenvalue weighted by Gasteiger charge is 2.28. The molecule has 9 nitrogen and oxygen atoms in total. The lowest BCUT2D eigenvalue weighted by atomic mass is 10.0. The zero-order valence-electron chi connectivity index (χ0n) is 20.2. The Bertz CT molecular complexity index is 872. The summed E-state index contributed by atoms with van der Waals surface area (Å²) in [5, 5.41) is 17.9. The first-order valence-electron chi connectivity index (χ1n) is 11.6. The summed E-state index contributed by atoms with van der Waals surface area (Å²) in [6.07, 6.45) is 2.71. The largest absolute Gasteiger partial charge is 0.497 e. The van der Waals surface area contributed by atoms with Crippen molar-refractivity contribution in [1.82, 2.24) is 24.8 Å². The molecule has 1 amide bonds. The molecule has 1 aliphatic rings. The van der Waals surface area contributed by atoms with Gasteiger partial charge in [0.05, 0.1) is 44.4 Å². The minimum Gasteiger partial charge on any atom is -0.497 e. The normalized spacial score (nSPS) is 21.3. The standard InChI is InChI=1S/C24H37N5O4/c1-18-13-28(19(2)16-30)24(31)6-5-11-29-21(12-25-26-29)17-33-23(18)15-27(3)14-20-7-9-22(32-4)10-8-20/h7-10,12,18-19,23,30H,5-6,11,13-17H2,1-4H3/t18-,19-,23-/m0/s1. The number of aliphatic hydroxyl groups excluding tert-OH is 1. The number of hydrogen-bond donors (Lipinski definition) is 1. The van der Waals surface area contributed by atoms with Crippen molar-refractivity contribution < 1.29 is 19.4 Å². The van der Waals surface area contributed by atoms with E-state index in [2.05, 4.69) is 41.3 Å². The first-order valence-corrected chi connectivity index (χ1v) is 11.6. The third-order valence-corrected chi connectivity index (χ3v) is 6.24. The van der Waals surface area contributed by atoms with E-state index in [-0.39, 0.29) is 30.6 Å². The average Bonchev–Trinajstić information content (AvgIpc) is 3.26. The van der Waals surface area contributed by atoms with Crippen LogP contribution in [0.25, 0.3) is 0 Å². The highest BCUT2D eigenvalue weighted by molar-refractivity contribution is 5.76. The van der Waals surface area contributed by atoms with Crippen LogP contribution in [0.15, 0.2) is 30.5 Å². The number of aliphatic hydroxyl groups is 1. The molecular weight excluding hydrogens is 422 g/mol. The van der Waals surface area contributed by atoms with Crippen molar-refractivity contribution in [2.45, 2.75) is 58.5 Å². The molecule has 182 valence electrons. The van der Waals surface area contributed by atoms with E-state index in [0.29, 0.717) is 39.1 Å². The van der Waals surface area contributed by atoms with E-state index in [4.69, 9.17) is 9.47 Å². The molecule has 1 aliphatic heterocycles. The number of fused-ring (bicyclic) bond motifs is 1. The van der Waals surface area contributed by atoms with Crippen LogP contribution in [0.2, 0.25) is 0 Å². The number of methoxy groups -OCH3 is 1. The zero-order valence-corrected chi connectivity index (χ0v) is 20.2. The van der Waals surface area contributed by atoms with Crippen molar-refractivity contribution in [3.63, 3.8) is 0 Å². The molecule has 3 rings (SSSR count). The summed E-state index contributed by atoms with van der Waals surface area (Å²) in [6.45, 7) is 6.98. The van der Waals surface area contributed by atoms with E-state index in [1.807, 2.05) is 23.7 Å². The number of ether oxygens (including phenoxy) is 2. The number of hydrogen-bond acceptors (Lipinski definition) is 7. The first kappa shape index (κ1) is 25.1. The van der Waals surface area contributed by atoms with Crippen LogP contribution in [0.5, 0.6) is 5.75 Å². The van der Waals surface area contributed by atoms with Gasteiger partial charge >= 0.3 is 0 Å². The van der Waals surface area contributed by atoms with E-state index in [0.717, 1.165) is 18.0 Å². The Balaban J connectivity index is 1.75. The molecule has 0 spiro atoms. The fourth-order valence-electron chi connectivity index (χ4n) is 4.16. The highest BCUT2D eigenvalue weighted by atomic mass is 16.5. The van der Waals surface area contributed by atoms with E-state index in [1.54, 1.807) is 18.2 Å². The predicted octanol–water partition coefficient (Wildman–Crippen LogP) is 1.94. The maximum absolute atomic E-state index is 13.0. The second kappa shape index (κ2) is 12.1. The molecule has 0 aliphatic carbocycles. The molecule has 0 saturated heterocycles. The van der Waals surface area contributed by atoms with Crippen LogP contribution in [-0.2, 0) is 29.2 Å². The Hall–Kier alpha value is -2.49. The fraction of sp³-hybridized carbons (Fsp3) is 0.625. The van der Waals surface area contributed by atoms with Gasteiger partial charge in [0.25, 0.3) is 0 Å². The molecule has 33 heavy (non-hydrogen) atoms. The number of aryl methyl sites for hydroxylation is 1. The van der Waals surface area contributed by atoms with Crippen molar-refractivity contribution in [2.24, 2.45) is 5.92 Å². The average molecular weight is 460 g/mol. The number of nitrogens with zero attached hydrogens (tertiary/aromatic N) is 5. The molecule has 0 saturated carbocycles. The van der Waals surface area contributed by atoms with Crippen LogP contribution in [0.4, 0.5) is 0 Å². The van der Waals surface area contributed by atoms with Crippen molar-refractivity contribution in [1.29, 1.82) is 0 Å². The summed E-state index contributed by atoms with van der Waals surface area (Å²) in [7, 11) is 3.73. The Morgan fingerprint density at radius 3 is 2.79 bits per heavy atom. The maximum atomic E-state index is 13.0. The highest BCUT2D eigenvalue weighted by Crippen LogP contribution is 2.19. The number of carbonyl (C=O) groups is 1. The Morgan fingerprint density at radius 1 is 1.33 bits per heavy atom. The van der Waals surface area contributed by atoms with Gasteiger partial charge in [0.15, 0.2) is 0 Å². The number of amides is 1. The molecule has 0 bridgehead atoms. The molecule has 1 N–H and O–H groups in total. The van der Waals surface area contributed by atoms with Crippen molar-refractivity contribution >= 4 is 5.91 Å². The first-order chi connectivity index (χ1) is 15.9. The molecule has 1 aromatic heterocycles. The van der Waals surface area contributed by atoms with Gasteiger partial charge in [0, 0.05) is 38.5 Å². The summed E-state index contributed by atoms with van der Waals surface area (Å²) >= 11 is 0. The quantitative estimate of drug-likeness (QED) is 0.676. The van der Waals surface area contributed by atoms with Crippen LogP contribution in [-0.4, -0.2) is 81.8 Å². The minimum atomic E-state index is -0.234. The summed E-state index contributed by atoms with van der Waals surface area (Å²) in [6, 6.07) is 7.82. The van der Waals surface area contributed by atoms with Gasteiger partial charge in [-0.15, -0.1) is 5.10 Å². The number of likely N-dealkylation sites (N-methyl/N-ethyl adjacent to an activating group) is 1. The van der Waals surface area contributed by atoms with Crippen molar-refractivity contribution in [3.8, 4) is 5.75 Å². The van der Waals surface area contributed by atoms with Gasteiger partial charge in [-0.25, -0.2) is 4.68 Å². The second-order valence-corrected chi connectivity index (χ2v) is 9.00. The van der Waals surface area contributed by atoms with Gasteiger partial charge in [-0.05, 0) is 38.1 Å². The second-order valence-electron chi connectivity index (χ2n) is 9.00. The lowest BCUT2D eigenvalue weighted by molar-refractivity contribution is -0.136. The third-order valence-electron chi connectivity index (χ3n) is 6.24. The molecule has 1 aromatic carbocycles. The number of carbonyl (C=O) groups excluding carboxylic acids is 1. The monoisotopic (exact) mass is 459 g/mol. The van der Waals surface area contributed by atoms with E-state index in [1.165, 1.54) is 5.56 Å². The molecular formula is C24H37N5O4. The Morgan fingerprint density at radius 2 is 2.09 bits per heavy atom. The fourth-order valence-corrected chi connectivity index (χ4v) is 4.16. The Labute approximate surface area is 196 Å². The van der Waals surface area contributed by atoms with E-state index >= 15 is 0 Å². The lowest BCUT2D eigenvalue weighted by Gasteiger charge is -2.35. The summed E-state index contributed by atoms with van der Waals surface area (Å²) < 4.78 is 13.5. The molecule has 2 heterocycles. The van der Waals surface area contributed by atoms with Crippen LogP contribution >= 0.6 is 0 Å². The van der Waals surface area contributed by atoms with Gasteiger partial charge in [-0.2, -0.15) is 0 Å². The van der Waals surface area contributed by atoms with Crippen LogP contribution in [0, 0.1) is 5.92 Å². The topological polar surface area (TPSA) is 93.0 Å². The van der Waals surface area contributed by atoms with E-state index in [9.17, 15) is 9.90 Å². The molecule has 0 radical (unpaired) electrons. The van der Waals surface area contributed by atoms with Crippen LogP contribution < -0.4 is 4.74 Å². The van der Waals surface area contributed by atoms with E-state index < -0.39 is 0 Å². The van der Waals surface area contributed by atoms with Crippen molar-refractivity contribution in [2.75, 3.05) is 33.9 Å². The SMILES string of the molecule is COc1ccc(CN(C)C[C@@H]2OCc3cnnn3CCCC(=O)N([C@@H](C)CO)C[C@@H]2C)cc1. The lowest BCUT2D eigenvalue weighted by Crippen LogP contribution is -2.47. The number of rotatable bonds is 7. The number of benzene rings is 1. The van der Waals surface area contributed by atoms with Crippen molar-refractivity contribution in [3.05, 3.63) is 41.7 Å². The van der Waals surface area contributed by atoms with Crippen LogP contribution in [0.1, 0.15) is 37.9 Å². The van der Waals surface area contributed by atoms with Gasteiger partial charge in [-0.3, -0.25) is 9.69 Å². The number of aromatic nitrogens is 3. The summed E-state index contributed by atoms with van der Waals surface area (Å²) in [5.41, 5.74) is 2.10. The van der Waals surface area contributed by atoms with Gasteiger partial charge in [0.1, 0.15) is 5.75 Å². The molecule has 0 unspecified atom stereocenters. The minimum absolute atomic E-state index is 0.0518. The molecule has 3 atom stereocenters. The molecule has 0 fully saturated rings. The third kappa shape index (κ3) is 6.99. The maximum Gasteiger partial charge on any atom is 0.222 e. The summed E-state index contributed by atoms with van der Waals surface area (Å²) in [5.74, 6) is 0.964. The van der Waals surface area contributed by atoms with Gasteiger partial charge in [0.2, 0.25) is 5.91 Å². The van der Waals surface area contributed by atoms with Gasteiger partial charge in [-0.1, -0.05) is 24.3 Å². The summed E-state index contributed by atoms with van der Waals surface area (Å²) in [4.78, 5) is 17.0. The Kier molecular flexibility index (Phi) is 9.22.